The van der Waals surface area contributed by atoms with E-state index in [1.54, 1.807) is 12.4 Å². The maximum atomic E-state index is 11.6. The van der Waals surface area contributed by atoms with Crippen molar-refractivity contribution in [2.24, 2.45) is 0 Å². The first kappa shape index (κ1) is 55.2. The van der Waals surface area contributed by atoms with Crippen molar-refractivity contribution < 1.29 is 40.2 Å². The number of esters is 1. The Hall–Kier alpha value is -10.1. The fourth-order valence-electron chi connectivity index (χ4n) is 7.39. The number of aromatic nitrogens is 16. The molecule has 8 aromatic heterocycles. The van der Waals surface area contributed by atoms with Crippen LogP contribution in [0.25, 0.3) is 89.1 Å². The van der Waals surface area contributed by atoms with Gasteiger partial charge in [-0.15, -0.1) is 0 Å². The molecule has 1 N–H and O–H groups in total. The molecule has 0 saturated heterocycles. The van der Waals surface area contributed by atoms with E-state index in [9.17, 15) is 14.4 Å². The molecule has 5 aromatic carbocycles. The predicted molar refractivity (Wildman–Crippen MR) is 294 cm³/mol. The largest absolute Gasteiger partial charge is 2.00 e. The van der Waals surface area contributed by atoms with Crippen LogP contribution in [0.3, 0.4) is 0 Å². The minimum atomic E-state index is -0.518. The van der Waals surface area contributed by atoms with Crippen LogP contribution in [0, 0.1) is 20.8 Å². The Morgan fingerprint density at radius 1 is 0.481 bits per heavy atom. The molecule has 8 heterocycles. The molecule has 0 unspecified atom stereocenters. The Bertz CT molecular complexity index is 3960. The van der Waals surface area contributed by atoms with E-state index in [1.807, 2.05) is 179 Å². The molecular formula is C58H46N16O4Pt. The second-order valence-electron chi connectivity index (χ2n) is 17.2. The van der Waals surface area contributed by atoms with Gasteiger partial charge in [0.05, 0.1) is 41.1 Å². The maximum Gasteiger partial charge on any atom is 2.00 e. The minimum absolute atomic E-state index is 0. The third-order valence-corrected chi connectivity index (χ3v) is 11.2. The van der Waals surface area contributed by atoms with E-state index in [0.29, 0.717) is 23.0 Å². The van der Waals surface area contributed by atoms with Gasteiger partial charge in [-0.2, -0.15) is 5.10 Å². The molecule has 13 aromatic rings. The number of H-pyrrole nitrogens is 1. The summed E-state index contributed by atoms with van der Waals surface area (Å²) in [6.45, 7) is 7.13. The van der Waals surface area contributed by atoms with E-state index in [2.05, 4.69) is 85.2 Å². The summed E-state index contributed by atoms with van der Waals surface area (Å²) in [6, 6.07) is 44.2. The van der Waals surface area contributed by atoms with Crippen molar-refractivity contribution in [2.75, 3.05) is 7.11 Å². The SMILES string of the molecule is CC(=O)CC(=O)c1ncc2ccccc2n1.COC(=O)c1ncc2ccccc2n1.Cc1cc(-c2ncc3ccccc3n2)[n-]n1.Cc1cc(-c2ncc3ccccc3n2)[n-]n1.Cc1cc(-c2ncc3ccccc3n2)n[nH]1.[Pt+2]. The summed E-state index contributed by atoms with van der Waals surface area (Å²) in [5, 5.41) is 27.8. The molecule has 0 saturated carbocycles. The molecule has 79 heavy (non-hydrogen) atoms. The monoisotopic (exact) mass is 1230 g/mol. The molecule has 0 amide bonds. The number of hydrogen-bond acceptors (Lipinski definition) is 17. The van der Waals surface area contributed by atoms with Crippen LogP contribution in [0.5, 0.6) is 0 Å². The van der Waals surface area contributed by atoms with E-state index in [0.717, 1.165) is 83.2 Å². The number of Topliss-reactive ketones (excluding diaryl/α,β-unsaturated/α-hetero) is 2. The smallest absolute Gasteiger partial charge is 0.572 e. The van der Waals surface area contributed by atoms with Crippen molar-refractivity contribution in [1.29, 1.82) is 0 Å². The molecule has 13 rings (SSSR count). The Labute approximate surface area is 465 Å². The van der Waals surface area contributed by atoms with Crippen molar-refractivity contribution in [3.8, 4) is 34.6 Å². The molecule has 0 bridgehead atoms. The van der Waals surface area contributed by atoms with Crippen LogP contribution in [-0.2, 0) is 30.6 Å². The maximum absolute atomic E-state index is 11.6. The first-order chi connectivity index (χ1) is 38.0. The molecule has 0 aliphatic rings. The fraction of sp³-hybridized carbons (Fsp3) is 0.103. The number of nitrogens with one attached hydrogen (secondary N) is 1. The molecule has 0 aliphatic carbocycles. The number of carbonyl (C=O) groups is 3. The van der Waals surface area contributed by atoms with Gasteiger partial charge in [0.1, 0.15) is 23.1 Å². The zero-order valence-electron chi connectivity index (χ0n) is 43.0. The third kappa shape index (κ3) is 14.5. The van der Waals surface area contributed by atoms with Gasteiger partial charge in [-0.25, -0.2) is 54.6 Å². The van der Waals surface area contributed by atoms with Gasteiger partial charge in [0.15, 0.2) is 11.6 Å². The summed E-state index contributed by atoms with van der Waals surface area (Å²) in [7, 11) is 1.31. The standard InChI is InChI=1S/C12H10N4.2C12H9N4.C12H10N2O2.C10H8N2O2.Pt/c3*1-8-6-11(16-15-8)12-13-7-9-4-2-3-5-10(9)14-12;1-8(15)6-11(16)12-13-7-9-4-2-3-5-10(9)14-12;1-14-10(13)9-11-6-7-4-2-3-5-8(7)12-9;/h2-7H,1H3,(H,15,16);2*2-7H,1H3;2-5,7H,6H2,1H3;2-6H,1H3;/q;2*-1;;;+2. The van der Waals surface area contributed by atoms with E-state index < -0.39 is 5.97 Å². The van der Waals surface area contributed by atoms with Crippen LogP contribution in [0.4, 0.5) is 0 Å². The molecule has 0 spiro atoms. The number of ketones is 2. The number of hydrogen-bond donors (Lipinski definition) is 1. The predicted octanol–water partition coefficient (Wildman–Crippen LogP) is 9.45. The first-order valence-corrected chi connectivity index (χ1v) is 24.1. The number of para-hydroxylation sites is 5. The van der Waals surface area contributed by atoms with Crippen LogP contribution < -0.4 is 10.2 Å². The van der Waals surface area contributed by atoms with E-state index in [1.165, 1.54) is 14.0 Å². The quantitative estimate of drug-likeness (QED) is 0.0883. The second-order valence-corrected chi connectivity index (χ2v) is 17.2. The van der Waals surface area contributed by atoms with Crippen LogP contribution in [0.2, 0.25) is 0 Å². The molecule has 21 heteroatoms. The zero-order valence-corrected chi connectivity index (χ0v) is 45.3. The first-order valence-electron chi connectivity index (χ1n) is 24.1. The van der Waals surface area contributed by atoms with Crippen molar-refractivity contribution in [3.05, 3.63) is 199 Å². The Morgan fingerprint density at radius 2 is 0.848 bits per heavy atom. The Kier molecular flexibility index (Phi) is 18.2. The van der Waals surface area contributed by atoms with Gasteiger partial charge in [-0.1, -0.05) is 115 Å². The van der Waals surface area contributed by atoms with Gasteiger partial charge in [0, 0.05) is 75.0 Å². The Morgan fingerprint density at radius 3 is 1.23 bits per heavy atom. The number of aryl methyl sites for hydroxylation is 3. The van der Waals surface area contributed by atoms with Crippen molar-refractivity contribution >= 4 is 72.1 Å². The summed E-state index contributed by atoms with van der Waals surface area (Å²) in [4.78, 5) is 75.7. The zero-order chi connectivity index (χ0) is 54.4. The molecule has 0 atom stereocenters. The molecule has 20 nitrogen and oxygen atoms in total. The summed E-state index contributed by atoms with van der Waals surface area (Å²) in [5.74, 6) is 1.07. The van der Waals surface area contributed by atoms with Crippen molar-refractivity contribution in [2.45, 2.75) is 34.1 Å². The molecular weight excluding hydrogens is 1180 g/mol. The number of ether oxygens (including phenoxy) is 1. The van der Waals surface area contributed by atoms with Gasteiger partial charge in [0.2, 0.25) is 11.6 Å². The molecule has 0 aliphatic heterocycles. The molecule has 0 radical (unpaired) electrons. The summed E-state index contributed by atoms with van der Waals surface area (Å²) >= 11 is 0. The molecule has 392 valence electrons. The number of rotatable bonds is 7. The van der Waals surface area contributed by atoms with Gasteiger partial charge < -0.3 is 25.1 Å². The van der Waals surface area contributed by atoms with Crippen LogP contribution in [-0.4, -0.2) is 94.9 Å². The average Bonchev–Trinajstić information content (AvgIpc) is 4.29. The second kappa shape index (κ2) is 26.1. The number of methoxy groups -OCH3 is 1. The number of nitrogens with zero attached hydrogens (tertiary/aromatic N) is 15. The summed E-state index contributed by atoms with van der Waals surface area (Å²) < 4.78 is 4.52. The van der Waals surface area contributed by atoms with Gasteiger partial charge in [-0.05, 0) is 64.1 Å². The molecule has 0 fully saturated rings. The Balaban J connectivity index is 0.000000130. The van der Waals surface area contributed by atoms with Crippen LogP contribution in [0.15, 0.2) is 171 Å². The summed E-state index contributed by atoms with van der Waals surface area (Å²) in [6.07, 6.45) is 8.49. The van der Waals surface area contributed by atoms with Crippen LogP contribution >= 0.6 is 0 Å². The van der Waals surface area contributed by atoms with Crippen molar-refractivity contribution in [1.82, 2.24) is 80.4 Å². The van der Waals surface area contributed by atoms with Crippen LogP contribution in [0.1, 0.15) is 51.7 Å². The number of benzene rings is 5. The normalized spacial score (nSPS) is 10.4. The fourth-order valence-corrected chi connectivity index (χ4v) is 7.39. The van der Waals surface area contributed by atoms with Gasteiger partial charge in [0.25, 0.3) is 0 Å². The van der Waals surface area contributed by atoms with Crippen molar-refractivity contribution in [3.63, 3.8) is 0 Å². The number of aromatic amines is 1. The van der Waals surface area contributed by atoms with E-state index in [-0.39, 0.29) is 50.7 Å². The van der Waals surface area contributed by atoms with Gasteiger partial charge >= 0.3 is 27.0 Å². The summed E-state index contributed by atoms with van der Waals surface area (Å²) in [5.41, 5.74) is 9.24. The van der Waals surface area contributed by atoms with E-state index >= 15 is 0 Å². The number of carbonyl (C=O) groups excluding carboxylic acids is 3. The number of fused-ring (bicyclic) bond motifs is 5. The average molecular weight is 1230 g/mol. The minimum Gasteiger partial charge on any atom is -0.572 e. The van der Waals surface area contributed by atoms with E-state index in [4.69, 9.17) is 0 Å². The van der Waals surface area contributed by atoms with Gasteiger partial charge in [-0.3, -0.25) is 14.7 Å². The topological polar surface area (TPSA) is 272 Å². The third-order valence-electron chi connectivity index (χ3n) is 11.2.